The van der Waals surface area contributed by atoms with Gasteiger partial charge in [-0.1, -0.05) is 0 Å². The summed E-state index contributed by atoms with van der Waals surface area (Å²) in [6, 6.07) is 0.572. The molecular formula is C14H27N3O3. The molecule has 20 heavy (non-hydrogen) atoms. The average Bonchev–Trinajstić information content (AvgIpc) is 2.39. The van der Waals surface area contributed by atoms with Crippen molar-refractivity contribution in [3.8, 4) is 0 Å². The molecule has 0 bridgehead atoms. The summed E-state index contributed by atoms with van der Waals surface area (Å²) in [5, 5.41) is 6.25. The van der Waals surface area contributed by atoms with E-state index in [1.54, 1.807) is 4.90 Å². The van der Waals surface area contributed by atoms with Crippen LogP contribution in [0.4, 0.5) is 4.79 Å². The van der Waals surface area contributed by atoms with Crippen LogP contribution in [-0.4, -0.2) is 55.2 Å². The highest BCUT2D eigenvalue weighted by Crippen LogP contribution is 2.11. The Morgan fingerprint density at radius 1 is 1.30 bits per heavy atom. The zero-order valence-electron chi connectivity index (χ0n) is 12.8. The van der Waals surface area contributed by atoms with Crippen LogP contribution in [0.15, 0.2) is 0 Å². The van der Waals surface area contributed by atoms with Crippen molar-refractivity contribution in [1.29, 1.82) is 0 Å². The van der Waals surface area contributed by atoms with Crippen molar-refractivity contribution in [3.63, 3.8) is 0 Å². The fraction of sp³-hybridized carbons (Fsp3) is 0.857. The van der Waals surface area contributed by atoms with Crippen LogP contribution in [0.2, 0.25) is 0 Å². The van der Waals surface area contributed by atoms with Crippen LogP contribution in [0.5, 0.6) is 0 Å². The highest BCUT2D eigenvalue weighted by atomic mass is 16.6. The number of carbonyl (C=O) groups excluding carboxylic acids is 2. The SMILES string of the molecule is CCOC(=O)N1CCC(NCCC(=O)NC(C)C)CC1. The van der Waals surface area contributed by atoms with Gasteiger partial charge in [-0.3, -0.25) is 4.79 Å². The second-order valence-corrected chi connectivity index (χ2v) is 5.39. The van der Waals surface area contributed by atoms with E-state index in [-0.39, 0.29) is 18.0 Å². The van der Waals surface area contributed by atoms with Gasteiger partial charge in [0.05, 0.1) is 6.61 Å². The number of amides is 2. The first-order valence-electron chi connectivity index (χ1n) is 7.47. The molecule has 1 heterocycles. The van der Waals surface area contributed by atoms with Crippen molar-refractivity contribution in [1.82, 2.24) is 15.5 Å². The summed E-state index contributed by atoms with van der Waals surface area (Å²) in [6.45, 7) is 8.26. The molecule has 6 nitrogen and oxygen atoms in total. The molecule has 1 rings (SSSR count). The third kappa shape index (κ3) is 6.23. The van der Waals surface area contributed by atoms with Gasteiger partial charge in [0, 0.05) is 38.1 Å². The lowest BCUT2D eigenvalue weighted by atomic mass is 10.1. The molecule has 0 atom stereocenters. The first-order valence-corrected chi connectivity index (χ1v) is 7.47. The van der Waals surface area contributed by atoms with Gasteiger partial charge in [-0.15, -0.1) is 0 Å². The molecule has 0 spiro atoms. The van der Waals surface area contributed by atoms with E-state index in [0.29, 0.717) is 38.7 Å². The number of hydrogen-bond donors (Lipinski definition) is 2. The van der Waals surface area contributed by atoms with Crippen molar-refractivity contribution in [2.24, 2.45) is 0 Å². The number of nitrogens with zero attached hydrogens (tertiary/aromatic N) is 1. The van der Waals surface area contributed by atoms with Gasteiger partial charge in [0.25, 0.3) is 0 Å². The average molecular weight is 285 g/mol. The van der Waals surface area contributed by atoms with E-state index in [9.17, 15) is 9.59 Å². The van der Waals surface area contributed by atoms with Gasteiger partial charge in [-0.2, -0.15) is 0 Å². The minimum Gasteiger partial charge on any atom is -0.450 e. The minimum absolute atomic E-state index is 0.0801. The first-order chi connectivity index (χ1) is 9.52. The van der Waals surface area contributed by atoms with Crippen LogP contribution < -0.4 is 10.6 Å². The van der Waals surface area contributed by atoms with Crippen LogP contribution in [0.25, 0.3) is 0 Å². The number of piperidine rings is 1. The summed E-state index contributed by atoms with van der Waals surface area (Å²) in [7, 11) is 0. The maximum atomic E-state index is 11.5. The highest BCUT2D eigenvalue weighted by molar-refractivity contribution is 5.76. The Morgan fingerprint density at radius 3 is 2.50 bits per heavy atom. The standard InChI is InChI=1S/C14H27N3O3/c1-4-20-14(19)17-9-6-12(7-10-17)15-8-5-13(18)16-11(2)3/h11-12,15H,4-10H2,1-3H3,(H,16,18). The van der Waals surface area contributed by atoms with Crippen molar-refractivity contribution in [2.45, 2.75) is 52.1 Å². The molecule has 2 N–H and O–H groups in total. The zero-order valence-corrected chi connectivity index (χ0v) is 12.8. The van der Waals surface area contributed by atoms with Crippen LogP contribution in [0.1, 0.15) is 40.0 Å². The number of carbonyl (C=O) groups is 2. The summed E-state index contributed by atoms with van der Waals surface area (Å²) in [5.41, 5.74) is 0. The van der Waals surface area contributed by atoms with E-state index in [0.717, 1.165) is 12.8 Å². The predicted molar refractivity (Wildman–Crippen MR) is 77.5 cm³/mol. The van der Waals surface area contributed by atoms with Crippen molar-refractivity contribution in [2.75, 3.05) is 26.2 Å². The molecule has 0 aromatic carbocycles. The Morgan fingerprint density at radius 2 is 1.95 bits per heavy atom. The van der Waals surface area contributed by atoms with Crippen molar-refractivity contribution in [3.05, 3.63) is 0 Å². The Kier molecular flexibility index (Phi) is 7.36. The van der Waals surface area contributed by atoms with Crippen LogP contribution in [-0.2, 0) is 9.53 Å². The topological polar surface area (TPSA) is 70.7 Å². The minimum atomic E-state index is -0.220. The van der Waals surface area contributed by atoms with Gasteiger partial charge in [0.15, 0.2) is 0 Å². The largest absolute Gasteiger partial charge is 0.450 e. The molecule has 1 fully saturated rings. The third-order valence-electron chi connectivity index (χ3n) is 3.26. The molecule has 1 aliphatic heterocycles. The number of hydrogen-bond acceptors (Lipinski definition) is 4. The lowest BCUT2D eigenvalue weighted by Gasteiger charge is -2.31. The number of rotatable bonds is 6. The van der Waals surface area contributed by atoms with E-state index in [1.807, 2.05) is 20.8 Å². The number of ether oxygens (including phenoxy) is 1. The van der Waals surface area contributed by atoms with Crippen molar-refractivity contribution < 1.29 is 14.3 Å². The molecule has 0 aromatic rings. The van der Waals surface area contributed by atoms with Crippen LogP contribution in [0.3, 0.4) is 0 Å². The molecule has 1 saturated heterocycles. The van der Waals surface area contributed by atoms with Crippen LogP contribution >= 0.6 is 0 Å². The molecular weight excluding hydrogens is 258 g/mol. The molecule has 0 aromatic heterocycles. The molecule has 0 saturated carbocycles. The Labute approximate surface area is 121 Å². The zero-order chi connectivity index (χ0) is 15.0. The molecule has 1 aliphatic rings. The Bertz CT molecular complexity index is 313. The first kappa shape index (κ1) is 16.8. The molecule has 0 aliphatic carbocycles. The lowest BCUT2D eigenvalue weighted by Crippen LogP contribution is -2.45. The number of nitrogens with one attached hydrogen (secondary N) is 2. The summed E-state index contributed by atoms with van der Waals surface area (Å²) < 4.78 is 4.98. The molecule has 0 radical (unpaired) electrons. The lowest BCUT2D eigenvalue weighted by molar-refractivity contribution is -0.121. The summed E-state index contributed by atoms with van der Waals surface area (Å²) >= 11 is 0. The second kappa shape index (κ2) is 8.79. The fourth-order valence-electron chi connectivity index (χ4n) is 2.26. The van der Waals surface area contributed by atoms with E-state index in [2.05, 4.69) is 10.6 Å². The Balaban J connectivity index is 2.13. The normalized spacial score (nSPS) is 16.3. The highest BCUT2D eigenvalue weighted by Gasteiger charge is 2.23. The van der Waals surface area contributed by atoms with Gasteiger partial charge < -0.3 is 20.3 Å². The molecule has 116 valence electrons. The quantitative estimate of drug-likeness (QED) is 0.767. The van der Waals surface area contributed by atoms with E-state index < -0.39 is 0 Å². The van der Waals surface area contributed by atoms with Gasteiger partial charge in [-0.25, -0.2) is 4.79 Å². The predicted octanol–water partition coefficient (Wildman–Crippen LogP) is 1.11. The fourth-order valence-corrected chi connectivity index (χ4v) is 2.26. The van der Waals surface area contributed by atoms with Gasteiger partial charge in [0.2, 0.25) is 5.91 Å². The van der Waals surface area contributed by atoms with Gasteiger partial charge in [0.1, 0.15) is 0 Å². The summed E-state index contributed by atoms with van der Waals surface area (Å²) in [6.07, 6.45) is 2.09. The Hall–Kier alpha value is -1.30. The summed E-state index contributed by atoms with van der Waals surface area (Å²) in [4.78, 5) is 24.8. The van der Waals surface area contributed by atoms with Gasteiger partial charge in [-0.05, 0) is 33.6 Å². The smallest absolute Gasteiger partial charge is 0.409 e. The maximum Gasteiger partial charge on any atom is 0.409 e. The second-order valence-electron chi connectivity index (χ2n) is 5.39. The number of likely N-dealkylation sites (tertiary alicyclic amines) is 1. The maximum absolute atomic E-state index is 11.5. The van der Waals surface area contributed by atoms with Crippen LogP contribution in [0, 0.1) is 0 Å². The molecule has 0 unspecified atom stereocenters. The van der Waals surface area contributed by atoms with Gasteiger partial charge >= 0.3 is 6.09 Å². The van der Waals surface area contributed by atoms with E-state index in [1.165, 1.54) is 0 Å². The van der Waals surface area contributed by atoms with E-state index in [4.69, 9.17) is 4.74 Å². The summed E-state index contributed by atoms with van der Waals surface area (Å²) in [5.74, 6) is 0.0801. The van der Waals surface area contributed by atoms with Crippen molar-refractivity contribution >= 4 is 12.0 Å². The molecule has 2 amide bonds. The third-order valence-corrected chi connectivity index (χ3v) is 3.26. The monoisotopic (exact) mass is 285 g/mol. The van der Waals surface area contributed by atoms with E-state index >= 15 is 0 Å². The molecule has 6 heteroatoms.